The Labute approximate surface area is 162 Å². The molecule has 0 radical (unpaired) electrons. The van der Waals surface area contributed by atoms with Crippen LogP contribution < -0.4 is 4.90 Å². The number of nitrogens with zero attached hydrogens (tertiary/aromatic N) is 2. The van der Waals surface area contributed by atoms with E-state index in [2.05, 4.69) is 4.98 Å². The zero-order valence-corrected chi connectivity index (χ0v) is 15.7. The first kappa shape index (κ1) is 19.6. The normalized spacial score (nSPS) is 16.4. The SMILES string of the molecule is Cc1cc(C(F)(F)F)cc2c1N(C(=O)c1c(Cl)ncc(C=O)c1Cl)CC2C. The van der Waals surface area contributed by atoms with E-state index in [-0.39, 0.29) is 33.8 Å². The van der Waals surface area contributed by atoms with Crippen LogP contribution in [0, 0.1) is 6.92 Å². The minimum atomic E-state index is -4.48. The molecule has 9 heteroatoms. The number of pyridine rings is 1. The Morgan fingerprint density at radius 1 is 1.33 bits per heavy atom. The molecule has 3 rings (SSSR count). The van der Waals surface area contributed by atoms with E-state index in [1.807, 2.05) is 0 Å². The van der Waals surface area contributed by atoms with Crippen molar-refractivity contribution >= 4 is 41.1 Å². The van der Waals surface area contributed by atoms with Crippen molar-refractivity contribution in [1.82, 2.24) is 4.98 Å². The van der Waals surface area contributed by atoms with Crippen molar-refractivity contribution in [2.45, 2.75) is 25.9 Å². The van der Waals surface area contributed by atoms with E-state index in [0.29, 0.717) is 23.1 Å². The second-order valence-corrected chi connectivity index (χ2v) is 7.09. The predicted molar refractivity (Wildman–Crippen MR) is 95.9 cm³/mol. The van der Waals surface area contributed by atoms with Crippen LogP contribution in [0.15, 0.2) is 18.3 Å². The third kappa shape index (κ3) is 3.30. The quantitative estimate of drug-likeness (QED) is 0.493. The molecule has 2 heterocycles. The van der Waals surface area contributed by atoms with Gasteiger partial charge in [-0.1, -0.05) is 30.1 Å². The van der Waals surface area contributed by atoms with Gasteiger partial charge in [0.15, 0.2) is 6.29 Å². The average molecular weight is 417 g/mol. The van der Waals surface area contributed by atoms with Gasteiger partial charge in [0, 0.05) is 18.7 Å². The molecule has 0 spiro atoms. The summed E-state index contributed by atoms with van der Waals surface area (Å²) >= 11 is 12.1. The van der Waals surface area contributed by atoms with Gasteiger partial charge in [-0.3, -0.25) is 9.59 Å². The van der Waals surface area contributed by atoms with Gasteiger partial charge in [-0.15, -0.1) is 0 Å². The van der Waals surface area contributed by atoms with Gasteiger partial charge in [-0.25, -0.2) is 4.98 Å². The number of halogens is 5. The van der Waals surface area contributed by atoms with E-state index in [0.717, 1.165) is 18.3 Å². The van der Waals surface area contributed by atoms with Crippen LogP contribution in [-0.4, -0.2) is 23.7 Å². The number of fused-ring (bicyclic) bond motifs is 1. The second kappa shape index (κ2) is 6.80. The molecule has 0 N–H and O–H groups in total. The number of carbonyl (C=O) groups excluding carboxylic acids is 2. The molecule has 1 aromatic carbocycles. The van der Waals surface area contributed by atoms with Crippen LogP contribution in [0.5, 0.6) is 0 Å². The Balaban J connectivity index is 2.13. The third-order valence-electron chi connectivity index (χ3n) is 4.50. The van der Waals surface area contributed by atoms with Crippen molar-refractivity contribution in [1.29, 1.82) is 0 Å². The van der Waals surface area contributed by atoms with Crippen molar-refractivity contribution in [2.75, 3.05) is 11.4 Å². The molecule has 0 aliphatic carbocycles. The Morgan fingerprint density at radius 2 is 2.00 bits per heavy atom. The van der Waals surface area contributed by atoms with Crippen LogP contribution in [0.2, 0.25) is 10.2 Å². The van der Waals surface area contributed by atoms with E-state index < -0.39 is 17.6 Å². The number of alkyl halides is 3. The number of aryl methyl sites for hydroxylation is 1. The van der Waals surface area contributed by atoms with Crippen LogP contribution in [0.3, 0.4) is 0 Å². The molecular formula is C18H13Cl2F3N2O2. The summed E-state index contributed by atoms with van der Waals surface area (Å²) < 4.78 is 39.3. The lowest BCUT2D eigenvalue weighted by atomic mass is 9.98. The highest BCUT2D eigenvalue weighted by Crippen LogP contribution is 2.44. The molecule has 0 saturated carbocycles. The molecule has 1 aliphatic heterocycles. The average Bonchev–Trinajstić information content (AvgIpc) is 2.92. The number of rotatable bonds is 2. The lowest BCUT2D eigenvalue weighted by Crippen LogP contribution is -2.31. The van der Waals surface area contributed by atoms with Crippen molar-refractivity contribution < 1.29 is 22.8 Å². The fourth-order valence-corrected chi connectivity index (χ4v) is 3.78. The Morgan fingerprint density at radius 3 is 2.59 bits per heavy atom. The summed E-state index contributed by atoms with van der Waals surface area (Å²) in [6.45, 7) is 3.40. The van der Waals surface area contributed by atoms with E-state index in [4.69, 9.17) is 23.2 Å². The number of aldehydes is 1. The largest absolute Gasteiger partial charge is 0.416 e. The summed E-state index contributed by atoms with van der Waals surface area (Å²) in [4.78, 5) is 29.3. The van der Waals surface area contributed by atoms with Gasteiger partial charge in [0.2, 0.25) is 0 Å². The maximum absolute atomic E-state index is 13.1. The van der Waals surface area contributed by atoms with E-state index in [9.17, 15) is 22.8 Å². The summed E-state index contributed by atoms with van der Waals surface area (Å²) in [5.74, 6) is -0.931. The number of hydrogen-bond acceptors (Lipinski definition) is 3. The lowest BCUT2D eigenvalue weighted by molar-refractivity contribution is -0.137. The standard InChI is InChI=1S/C18H13Cl2F3N2O2/c1-8-3-11(18(21,22)23)4-12-9(2)6-25(15(8)12)17(27)13-14(19)10(7-26)5-24-16(13)20/h3-5,7,9H,6H2,1-2H3. The summed E-state index contributed by atoms with van der Waals surface area (Å²) in [6.07, 6.45) is -2.88. The molecule has 0 saturated heterocycles. The van der Waals surface area contributed by atoms with Gasteiger partial charge in [-0.05, 0) is 30.2 Å². The lowest BCUT2D eigenvalue weighted by Gasteiger charge is -2.21. The zero-order valence-electron chi connectivity index (χ0n) is 14.2. The summed E-state index contributed by atoms with van der Waals surface area (Å²) in [5, 5.41) is -0.318. The number of anilines is 1. The van der Waals surface area contributed by atoms with E-state index in [1.54, 1.807) is 6.92 Å². The minimum Gasteiger partial charge on any atom is -0.307 e. The van der Waals surface area contributed by atoms with Gasteiger partial charge in [0.1, 0.15) is 5.15 Å². The van der Waals surface area contributed by atoms with E-state index in [1.165, 1.54) is 11.8 Å². The topological polar surface area (TPSA) is 50.3 Å². The van der Waals surface area contributed by atoms with Crippen LogP contribution >= 0.6 is 23.2 Å². The van der Waals surface area contributed by atoms with Gasteiger partial charge in [-0.2, -0.15) is 13.2 Å². The van der Waals surface area contributed by atoms with Gasteiger partial charge in [0.05, 0.1) is 27.4 Å². The first-order valence-electron chi connectivity index (χ1n) is 7.89. The summed E-state index contributed by atoms with van der Waals surface area (Å²) in [7, 11) is 0. The highest BCUT2D eigenvalue weighted by atomic mass is 35.5. The molecule has 4 nitrogen and oxygen atoms in total. The first-order chi connectivity index (χ1) is 12.6. The summed E-state index contributed by atoms with van der Waals surface area (Å²) in [6, 6.07) is 2.06. The number of aromatic nitrogens is 1. The maximum Gasteiger partial charge on any atom is 0.416 e. The predicted octanol–water partition coefficient (Wildman–Crippen LogP) is 5.29. The van der Waals surface area contributed by atoms with Crippen molar-refractivity contribution in [3.8, 4) is 0 Å². The van der Waals surface area contributed by atoms with Crippen molar-refractivity contribution in [2.24, 2.45) is 0 Å². The van der Waals surface area contributed by atoms with Gasteiger partial charge >= 0.3 is 6.18 Å². The Bertz CT molecular complexity index is 961. The summed E-state index contributed by atoms with van der Waals surface area (Å²) in [5.41, 5.74) is 0.208. The van der Waals surface area contributed by atoms with Crippen LogP contribution in [-0.2, 0) is 6.18 Å². The highest BCUT2D eigenvalue weighted by Gasteiger charge is 2.38. The molecule has 1 aromatic heterocycles. The maximum atomic E-state index is 13.1. The number of benzene rings is 1. The van der Waals surface area contributed by atoms with Crippen LogP contribution in [0.4, 0.5) is 18.9 Å². The molecule has 1 atom stereocenters. The molecule has 27 heavy (non-hydrogen) atoms. The fraction of sp³-hybridized carbons (Fsp3) is 0.278. The number of hydrogen-bond donors (Lipinski definition) is 0. The van der Waals surface area contributed by atoms with Crippen LogP contribution in [0.25, 0.3) is 0 Å². The first-order valence-corrected chi connectivity index (χ1v) is 8.64. The third-order valence-corrected chi connectivity index (χ3v) is 5.19. The molecule has 0 bridgehead atoms. The molecule has 1 amide bonds. The Kier molecular flexibility index (Phi) is 4.94. The number of amides is 1. The van der Waals surface area contributed by atoms with Gasteiger partial charge < -0.3 is 4.90 Å². The van der Waals surface area contributed by atoms with Crippen molar-refractivity contribution in [3.05, 3.63) is 56.3 Å². The van der Waals surface area contributed by atoms with E-state index >= 15 is 0 Å². The van der Waals surface area contributed by atoms with Crippen molar-refractivity contribution in [3.63, 3.8) is 0 Å². The molecular weight excluding hydrogens is 404 g/mol. The molecule has 1 unspecified atom stereocenters. The van der Waals surface area contributed by atoms with Gasteiger partial charge in [0.25, 0.3) is 5.91 Å². The molecule has 0 fully saturated rings. The molecule has 142 valence electrons. The second-order valence-electron chi connectivity index (χ2n) is 6.36. The van der Waals surface area contributed by atoms with Crippen LogP contribution in [0.1, 0.15) is 50.2 Å². The monoisotopic (exact) mass is 416 g/mol. The highest BCUT2D eigenvalue weighted by molar-refractivity contribution is 6.41. The number of carbonyl (C=O) groups is 2. The zero-order chi connectivity index (χ0) is 20.1. The molecule has 2 aromatic rings. The molecule has 1 aliphatic rings. The fourth-order valence-electron chi connectivity index (χ4n) is 3.24. The Hall–Kier alpha value is -2.12. The minimum absolute atomic E-state index is 0.000951. The smallest absolute Gasteiger partial charge is 0.307 e.